The molecule has 0 fully saturated rings. The highest BCUT2D eigenvalue weighted by Crippen LogP contribution is 2.33. The first-order valence-electron chi connectivity index (χ1n) is 8.11. The number of hydrogen-bond donors (Lipinski definition) is 3. The number of rotatable bonds is 6. The number of terminal acetylenes is 1. The van der Waals surface area contributed by atoms with E-state index in [-0.39, 0.29) is 6.03 Å². The summed E-state index contributed by atoms with van der Waals surface area (Å²) < 4.78 is 0. The van der Waals surface area contributed by atoms with E-state index >= 15 is 0 Å². The molecule has 7 heteroatoms. The molecule has 1 aromatic carbocycles. The maximum Gasteiger partial charge on any atom is 0.321 e. The van der Waals surface area contributed by atoms with E-state index in [1.807, 2.05) is 24.4 Å². The van der Waals surface area contributed by atoms with Gasteiger partial charge in [-0.2, -0.15) is 0 Å². The molecule has 0 aliphatic carbocycles. The molecule has 1 atom stereocenters. The van der Waals surface area contributed by atoms with Crippen LogP contribution in [0.2, 0.25) is 5.02 Å². The van der Waals surface area contributed by atoms with Gasteiger partial charge in [-0.15, -0.1) is 17.8 Å². The van der Waals surface area contributed by atoms with Gasteiger partial charge in [-0.3, -0.25) is 5.32 Å². The second-order valence-electron chi connectivity index (χ2n) is 6.76. The molecule has 3 N–H and O–H groups in total. The maximum absolute atomic E-state index is 11.9. The van der Waals surface area contributed by atoms with Crippen molar-refractivity contribution in [2.45, 2.75) is 38.2 Å². The molecule has 0 bridgehead atoms. The topological polar surface area (TPSA) is 74.2 Å². The molecule has 1 heterocycles. The summed E-state index contributed by atoms with van der Waals surface area (Å²) in [5, 5.41) is 18.0. The van der Waals surface area contributed by atoms with Crippen LogP contribution in [0, 0.1) is 12.3 Å². The quantitative estimate of drug-likeness (QED) is 0.651. The Kier molecular flexibility index (Phi) is 6.30. The van der Waals surface area contributed by atoms with Crippen LogP contribution in [-0.2, 0) is 5.41 Å². The number of aliphatic hydroxyl groups is 1. The lowest BCUT2D eigenvalue weighted by atomic mass is 9.81. The zero-order valence-electron chi connectivity index (χ0n) is 15.0. The van der Waals surface area contributed by atoms with Crippen LogP contribution in [0.25, 0.3) is 0 Å². The Hall–Kier alpha value is -2.07. The SMILES string of the molecule is C#C[C@@](C)(c1ccc(Cl)cc1)c1csc(NC(=O)NCCC(C)(C)O)n1. The number of nitrogens with zero attached hydrogens (tertiary/aromatic N) is 1. The Morgan fingerprint density at radius 3 is 2.58 bits per heavy atom. The molecular formula is C19H22ClN3O2S. The minimum Gasteiger partial charge on any atom is -0.390 e. The monoisotopic (exact) mass is 391 g/mol. The van der Waals surface area contributed by atoms with Gasteiger partial charge >= 0.3 is 6.03 Å². The minimum atomic E-state index is -0.825. The number of urea groups is 1. The average Bonchev–Trinajstić information content (AvgIpc) is 3.02. The van der Waals surface area contributed by atoms with Gasteiger partial charge < -0.3 is 10.4 Å². The molecule has 0 saturated carbocycles. The first-order valence-corrected chi connectivity index (χ1v) is 9.37. The summed E-state index contributed by atoms with van der Waals surface area (Å²) in [5.74, 6) is 2.79. The fourth-order valence-corrected chi connectivity index (χ4v) is 3.21. The fraction of sp³-hybridized carbons (Fsp3) is 0.368. The van der Waals surface area contributed by atoms with Gasteiger partial charge in [0.15, 0.2) is 5.13 Å². The van der Waals surface area contributed by atoms with Crippen molar-refractivity contribution in [1.82, 2.24) is 10.3 Å². The van der Waals surface area contributed by atoms with E-state index in [4.69, 9.17) is 18.0 Å². The molecule has 1 aromatic heterocycles. The number of amides is 2. The number of carbonyl (C=O) groups is 1. The number of anilines is 1. The van der Waals surface area contributed by atoms with E-state index in [1.165, 1.54) is 11.3 Å². The Morgan fingerprint density at radius 2 is 2.00 bits per heavy atom. The molecule has 0 spiro atoms. The lowest BCUT2D eigenvalue weighted by molar-refractivity contribution is 0.0721. The predicted molar refractivity (Wildman–Crippen MR) is 107 cm³/mol. The van der Waals surface area contributed by atoms with Crippen LogP contribution in [0.15, 0.2) is 29.6 Å². The van der Waals surface area contributed by atoms with Crippen molar-refractivity contribution in [2.75, 3.05) is 11.9 Å². The molecule has 0 aliphatic rings. The molecule has 0 saturated heterocycles. The van der Waals surface area contributed by atoms with Gasteiger partial charge in [-0.05, 0) is 44.9 Å². The highest BCUT2D eigenvalue weighted by Gasteiger charge is 2.29. The summed E-state index contributed by atoms with van der Waals surface area (Å²) in [4.78, 5) is 16.4. The van der Waals surface area contributed by atoms with Crippen molar-refractivity contribution >= 4 is 34.1 Å². The molecule has 138 valence electrons. The van der Waals surface area contributed by atoms with Crippen LogP contribution >= 0.6 is 22.9 Å². The first-order chi connectivity index (χ1) is 12.1. The molecule has 26 heavy (non-hydrogen) atoms. The third-order valence-electron chi connectivity index (χ3n) is 3.97. The first kappa shape index (κ1) is 20.2. The smallest absolute Gasteiger partial charge is 0.321 e. The summed E-state index contributed by atoms with van der Waals surface area (Å²) in [5.41, 5.74) is 0.0303. The fourth-order valence-electron chi connectivity index (χ4n) is 2.27. The Morgan fingerprint density at radius 1 is 1.35 bits per heavy atom. The third kappa shape index (κ3) is 5.21. The summed E-state index contributed by atoms with van der Waals surface area (Å²) in [6.45, 7) is 5.65. The van der Waals surface area contributed by atoms with Crippen LogP contribution in [0.5, 0.6) is 0 Å². The number of hydrogen-bond acceptors (Lipinski definition) is 4. The largest absolute Gasteiger partial charge is 0.390 e. The Bertz CT molecular complexity index is 805. The second kappa shape index (κ2) is 8.09. The van der Waals surface area contributed by atoms with E-state index < -0.39 is 11.0 Å². The van der Waals surface area contributed by atoms with E-state index in [0.717, 1.165) is 5.56 Å². The van der Waals surface area contributed by atoms with Crippen LogP contribution in [-0.4, -0.2) is 28.3 Å². The van der Waals surface area contributed by atoms with Crippen molar-refractivity contribution in [3.63, 3.8) is 0 Å². The van der Waals surface area contributed by atoms with E-state index in [0.29, 0.717) is 28.8 Å². The summed E-state index contributed by atoms with van der Waals surface area (Å²) >= 11 is 7.25. The van der Waals surface area contributed by atoms with E-state index in [9.17, 15) is 9.90 Å². The normalized spacial score (nSPS) is 13.5. The highest BCUT2D eigenvalue weighted by atomic mass is 35.5. The number of benzene rings is 1. The molecule has 0 unspecified atom stereocenters. The maximum atomic E-state index is 11.9. The number of aromatic nitrogens is 1. The third-order valence-corrected chi connectivity index (χ3v) is 4.98. The van der Waals surface area contributed by atoms with Crippen molar-refractivity contribution in [1.29, 1.82) is 0 Å². The summed E-state index contributed by atoms with van der Waals surface area (Å²) in [6.07, 6.45) is 6.24. The summed E-state index contributed by atoms with van der Waals surface area (Å²) in [6, 6.07) is 6.95. The van der Waals surface area contributed by atoms with Crippen molar-refractivity contribution in [2.24, 2.45) is 0 Å². The second-order valence-corrected chi connectivity index (χ2v) is 8.05. The Balaban J connectivity index is 2.07. The van der Waals surface area contributed by atoms with Crippen LogP contribution in [0.4, 0.5) is 9.93 Å². The van der Waals surface area contributed by atoms with Crippen LogP contribution in [0.1, 0.15) is 38.4 Å². The van der Waals surface area contributed by atoms with Gasteiger partial charge in [0.1, 0.15) is 0 Å². The predicted octanol–water partition coefficient (Wildman–Crippen LogP) is 4.02. The lowest BCUT2D eigenvalue weighted by Gasteiger charge is -2.22. The highest BCUT2D eigenvalue weighted by molar-refractivity contribution is 7.14. The van der Waals surface area contributed by atoms with Gasteiger partial charge in [-0.1, -0.05) is 29.7 Å². The van der Waals surface area contributed by atoms with Crippen molar-refractivity contribution in [3.8, 4) is 12.3 Å². The zero-order chi connectivity index (χ0) is 19.4. The molecule has 5 nitrogen and oxygen atoms in total. The van der Waals surface area contributed by atoms with Gasteiger partial charge in [0, 0.05) is 16.9 Å². The van der Waals surface area contributed by atoms with Gasteiger partial charge in [-0.25, -0.2) is 9.78 Å². The molecule has 2 aromatic rings. The van der Waals surface area contributed by atoms with E-state index in [1.54, 1.807) is 26.0 Å². The summed E-state index contributed by atoms with van der Waals surface area (Å²) in [7, 11) is 0. The molecule has 2 amide bonds. The molecule has 0 aliphatic heterocycles. The van der Waals surface area contributed by atoms with Gasteiger partial charge in [0.05, 0.1) is 16.7 Å². The van der Waals surface area contributed by atoms with E-state index in [2.05, 4.69) is 21.5 Å². The zero-order valence-corrected chi connectivity index (χ0v) is 16.5. The van der Waals surface area contributed by atoms with Gasteiger partial charge in [0.2, 0.25) is 0 Å². The average molecular weight is 392 g/mol. The van der Waals surface area contributed by atoms with Crippen LogP contribution in [0.3, 0.4) is 0 Å². The molecule has 0 radical (unpaired) electrons. The van der Waals surface area contributed by atoms with Crippen molar-refractivity contribution < 1.29 is 9.90 Å². The Labute approximate surface area is 162 Å². The van der Waals surface area contributed by atoms with Gasteiger partial charge in [0.25, 0.3) is 0 Å². The molecular weight excluding hydrogens is 370 g/mol. The number of thiazole rings is 1. The number of halogens is 1. The lowest BCUT2D eigenvalue weighted by Crippen LogP contribution is -2.33. The standard InChI is InChI=1S/C19H22ClN3O2S/c1-5-19(4,13-6-8-14(20)9-7-13)15-12-26-17(22-15)23-16(24)21-11-10-18(2,3)25/h1,6-9,12,25H,10-11H2,2-4H3,(H2,21,22,23,24)/t19-/m0/s1. The molecule has 2 rings (SSSR count). The number of nitrogens with one attached hydrogen (secondary N) is 2. The van der Waals surface area contributed by atoms with Crippen molar-refractivity contribution in [3.05, 3.63) is 45.9 Å². The minimum absolute atomic E-state index is 0.362. The number of carbonyl (C=O) groups excluding carboxylic acids is 1. The van der Waals surface area contributed by atoms with Crippen LogP contribution < -0.4 is 10.6 Å².